The monoisotopic (exact) mass is 269 g/mol. The fourth-order valence-electron chi connectivity index (χ4n) is 2.45. The van der Waals surface area contributed by atoms with Crippen LogP contribution in [-0.2, 0) is 0 Å². The Labute approximate surface area is 119 Å². The van der Waals surface area contributed by atoms with Gasteiger partial charge in [-0.2, -0.15) is 15.0 Å². The molecule has 0 amide bonds. The summed E-state index contributed by atoms with van der Waals surface area (Å²) in [4.78, 5) is 15.8. The molecule has 1 saturated heterocycles. The third-order valence-corrected chi connectivity index (χ3v) is 3.51. The van der Waals surface area contributed by atoms with Crippen molar-refractivity contribution in [3.05, 3.63) is 29.8 Å². The Hall–Kier alpha value is -2.17. The first-order chi connectivity index (χ1) is 9.76. The lowest BCUT2D eigenvalue weighted by atomic mass is 10.1. The largest absolute Gasteiger partial charge is 0.357 e. The maximum absolute atomic E-state index is 4.64. The Balaban J connectivity index is 2.03. The van der Waals surface area contributed by atoms with Gasteiger partial charge in [-0.1, -0.05) is 23.8 Å². The number of nitrogens with one attached hydrogen (secondary N) is 1. The van der Waals surface area contributed by atoms with Crippen LogP contribution < -0.4 is 10.2 Å². The first-order valence-electron chi connectivity index (χ1n) is 7.02. The maximum Gasteiger partial charge on any atom is 0.230 e. The van der Waals surface area contributed by atoms with Crippen molar-refractivity contribution in [1.29, 1.82) is 0 Å². The van der Waals surface area contributed by atoms with Crippen molar-refractivity contribution in [1.82, 2.24) is 15.0 Å². The van der Waals surface area contributed by atoms with E-state index in [1.807, 2.05) is 19.2 Å². The van der Waals surface area contributed by atoms with Gasteiger partial charge in [0, 0.05) is 25.7 Å². The highest BCUT2D eigenvalue weighted by Gasteiger charge is 2.17. The molecule has 3 rings (SSSR count). The predicted molar refractivity (Wildman–Crippen MR) is 81.0 cm³/mol. The molecule has 20 heavy (non-hydrogen) atoms. The van der Waals surface area contributed by atoms with Gasteiger partial charge in [-0.05, 0) is 25.8 Å². The topological polar surface area (TPSA) is 53.9 Å². The van der Waals surface area contributed by atoms with Crippen LogP contribution in [0, 0.1) is 6.92 Å². The van der Waals surface area contributed by atoms with E-state index in [4.69, 9.17) is 0 Å². The standard InChI is InChI=1S/C15H19N5/c1-11-6-5-7-12(10-11)13-17-14(16-2)19-15(18-13)20-8-3-4-9-20/h5-7,10H,3-4,8-9H2,1-2H3,(H,16,17,18,19). The van der Waals surface area contributed by atoms with Crippen LogP contribution in [0.25, 0.3) is 11.4 Å². The molecule has 1 fully saturated rings. The molecule has 1 aromatic carbocycles. The molecule has 5 nitrogen and oxygen atoms in total. The molecule has 1 aliphatic heterocycles. The zero-order valence-corrected chi connectivity index (χ0v) is 11.9. The van der Waals surface area contributed by atoms with E-state index in [9.17, 15) is 0 Å². The van der Waals surface area contributed by atoms with E-state index >= 15 is 0 Å². The highest BCUT2D eigenvalue weighted by molar-refractivity contribution is 5.59. The first-order valence-corrected chi connectivity index (χ1v) is 7.02. The molecule has 0 unspecified atom stereocenters. The molecule has 0 radical (unpaired) electrons. The molecule has 0 spiro atoms. The van der Waals surface area contributed by atoms with Gasteiger partial charge in [-0.3, -0.25) is 0 Å². The van der Waals surface area contributed by atoms with Crippen LogP contribution in [0.1, 0.15) is 18.4 Å². The molecule has 2 heterocycles. The van der Waals surface area contributed by atoms with Crippen molar-refractivity contribution in [3.8, 4) is 11.4 Å². The van der Waals surface area contributed by atoms with Crippen LogP contribution >= 0.6 is 0 Å². The highest BCUT2D eigenvalue weighted by Crippen LogP contribution is 2.22. The van der Waals surface area contributed by atoms with Crippen molar-refractivity contribution in [2.75, 3.05) is 30.4 Å². The van der Waals surface area contributed by atoms with Crippen LogP contribution in [0.15, 0.2) is 24.3 Å². The van der Waals surface area contributed by atoms with Gasteiger partial charge in [0.15, 0.2) is 5.82 Å². The zero-order chi connectivity index (χ0) is 13.9. The maximum atomic E-state index is 4.64. The lowest BCUT2D eigenvalue weighted by Gasteiger charge is -2.16. The minimum Gasteiger partial charge on any atom is -0.357 e. The number of rotatable bonds is 3. The fraction of sp³-hybridized carbons (Fsp3) is 0.400. The predicted octanol–water partition coefficient (Wildman–Crippen LogP) is 2.49. The van der Waals surface area contributed by atoms with Gasteiger partial charge in [0.25, 0.3) is 0 Å². The molecule has 5 heteroatoms. The quantitative estimate of drug-likeness (QED) is 0.927. The summed E-state index contributed by atoms with van der Waals surface area (Å²) in [5.41, 5.74) is 2.24. The van der Waals surface area contributed by atoms with Crippen LogP contribution in [0.2, 0.25) is 0 Å². The van der Waals surface area contributed by atoms with E-state index in [1.54, 1.807) is 0 Å². The van der Waals surface area contributed by atoms with Gasteiger partial charge < -0.3 is 10.2 Å². The van der Waals surface area contributed by atoms with Crippen molar-refractivity contribution < 1.29 is 0 Å². The smallest absolute Gasteiger partial charge is 0.230 e. The van der Waals surface area contributed by atoms with E-state index in [2.05, 4.69) is 44.2 Å². The van der Waals surface area contributed by atoms with Gasteiger partial charge in [0.05, 0.1) is 0 Å². The minimum atomic E-state index is 0.624. The lowest BCUT2D eigenvalue weighted by Crippen LogP contribution is -2.21. The van der Waals surface area contributed by atoms with Crippen molar-refractivity contribution in [2.24, 2.45) is 0 Å². The molecule has 1 N–H and O–H groups in total. The average Bonchev–Trinajstić information content (AvgIpc) is 3.01. The average molecular weight is 269 g/mol. The molecular formula is C15H19N5. The highest BCUT2D eigenvalue weighted by atomic mass is 15.3. The fourth-order valence-corrected chi connectivity index (χ4v) is 2.45. The van der Waals surface area contributed by atoms with Gasteiger partial charge in [-0.25, -0.2) is 0 Å². The van der Waals surface area contributed by atoms with Gasteiger partial charge >= 0.3 is 0 Å². The Morgan fingerprint density at radius 1 is 1.10 bits per heavy atom. The molecule has 0 atom stereocenters. The summed E-state index contributed by atoms with van der Waals surface area (Å²) < 4.78 is 0. The van der Waals surface area contributed by atoms with Crippen LogP contribution in [-0.4, -0.2) is 35.1 Å². The van der Waals surface area contributed by atoms with E-state index < -0.39 is 0 Å². The molecule has 2 aromatic rings. The summed E-state index contributed by atoms with van der Waals surface area (Å²) in [6, 6.07) is 8.24. The first kappa shape index (κ1) is 12.8. The molecule has 1 aliphatic rings. The molecule has 104 valence electrons. The van der Waals surface area contributed by atoms with E-state index in [0.717, 1.165) is 30.4 Å². The molecule has 0 bridgehead atoms. The Morgan fingerprint density at radius 3 is 2.60 bits per heavy atom. The van der Waals surface area contributed by atoms with E-state index in [0.29, 0.717) is 5.95 Å². The minimum absolute atomic E-state index is 0.624. The lowest BCUT2D eigenvalue weighted by molar-refractivity contribution is 0.884. The van der Waals surface area contributed by atoms with Crippen LogP contribution in [0.3, 0.4) is 0 Å². The molecule has 0 saturated carbocycles. The van der Waals surface area contributed by atoms with Crippen LogP contribution in [0.5, 0.6) is 0 Å². The van der Waals surface area contributed by atoms with E-state index in [-0.39, 0.29) is 0 Å². The number of aryl methyl sites for hydroxylation is 1. The van der Waals surface area contributed by atoms with Gasteiger partial charge in [-0.15, -0.1) is 0 Å². The van der Waals surface area contributed by atoms with Crippen molar-refractivity contribution >= 4 is 11.9 Å². The van der Waals surface area contributed by atoms with Crippen LogP contribution in [0.4, 0.5) is 11.9 Å². The number of nitrogens with zero attached hydrogens (tertiary/aromatic N) is 4. The summed E-state index contributed by atoms with van der Waals surface area (Å²) >= 11 is 0. The summed E-state index contributed by atoms with van der Waals surface area (Å²) in [5.74, 6) is 2.13. The normalized spacial score (nSPS) is 14.6. The second-order valence-electron chi connectivity index (χ2n) is 5.10. The van der Waals surface area contributed by atoms with E-state index in [1.165, 1.54) is 18.4 Å². The summed E-state index contributed by atoms with van der Waals surface area (Å²) in [5, 5.41) is 3.03. The zero-order valence-electron chi connectivity index (χ0n) is 11.9. The molecule has 1 aromatic heterocycles. The SMILES string of the molecule is CNc1nc(-c2cccc(C)c2)nc(N2CCCC2)n1. The van der Waals surface area contributed by atoms with Crippen molar-refractivity contribution in [2.45, 2.75) is 19.8 Å². The Morgan fingerprint density at radius 2 is 1.90 bits per heavy atom. The second-order valence-corrected chi connectivity index (χ2v) is 5.10. The number of hydrogen-bond acceptors (Lipinski definition) is 5. The number of aromatic nitrogens is 3. The summed E-state index contributed by atoms with van der Waals surface area (Å²) in [6.07, 6.45) is 2.42. The summed E-state index contributed by atoms with van der Waals surface area (Å²) in [6.45, 7) is 4.13. The Kier molecular flexibility index (Phi) is 3.50. The second kappa shape index (κ2) is 5.45. The molecule has 0 aliphatic carbocycles. The van der Waals surface area contributed by atoms with Crippen molar-refractivity contribution in [3.63, 3.8) is 0 Å². The summed E-state index contributed by atoms with van der Waals surface area (Å²) in [7, 11) is 1.84. The Bertz CT molecular complexity index is 605. The molecular weight excluding hydrogens is 250 g/mol. The number of anilines is 2. The van der Waals surface area contributed by atoms with Gasteiger partial charge in [0.2, 0.25) is 11.9 Å². The number of hydrogen-bond donors (Lipinski definition) is 1. The van der Waals surface area contributed by atoms with Gasteiger partial charge in [0.1, 0.15) is 0 Å². The third-order valence-electron chi connectivity index (χ3n) is 3.51. The number of benzene rings is 1. The third kappa shape index (κ3) is 2.57.